The Morgan fingerprint density at radius 2 is 1.91 bits per heavy atom. The van der Waals surface area contributed by atoms with Crippen LogP contribution in [0.15, 0.2) is 18.2 Å². The lowest BCUT2D eigenvalue weighted by atomic mass is 9.90. The number of halogens is 1. The Bertz CT molecular complexity index is 1380. The van der Waals surface area contributed by atoms with Gasteiger partial charge in [-0.15, -0.1) is 0 Å². The van der Waals surface area contributed by atoms with Crippen LogP contribution in [0.4, 0.5) is 9.18 Å². The first-order chi connectivity index (χ1) is 21.2. The van der Waals surface area contributed by atoms with Gasteiger partial charge in [-0.1, -0.05) is 40.0 Å². The molecule has 11 nitrogen and oxygen atoms in total. The van der Waals surface area contributed by atoms with Crippen molar-refractivity contribution in [3.05, 3.63) is 23.9 Å². The van der Waals surface area contributed by atoms with Gasteiger partial charge >= 0.3 is 6.09 Å². The molecule has 2 saturated heterocycles. The summed E-state index contributed by atoms with van der Waals surface area (Å²) < 4.78 is 39.5. The van der Waals surface area contributed by atoms with E-state index in [4.69, 9.17) is 34.6 Å². The highest BCUT2D eigenvalue weighted by molar-refractivity contribution is 5.86. The van der Waals surface area contributed by atoms with E-state index in [9.17, 15) is 9.59 Å². The first-order valence-corrected chi connectivity index (χ1v) is 16.0. The molecule has 4 aliphatic rings. The zero-order chi connectivity index (χ0) is 31.1. The van der Waals surface area contributed by atoms with Gasteiger partial charge in [-0.25, -0.2) is 19.2 Å². The number of nitrogens with one attached hydrogen (secondary N) is 1. The van der Waals surface area contributed by atoms with Gasteiger partial charge in [-0.05, 0) is 49.7 Å². The fourth-order valence-electron chi connectivity index (χ4n) is 6.90. The molecule has 3 N–H and O–H groups in total. The molecule has 1 saturated carbocycles. The molecule has 2 aromatic rings. The molecule has 2 amide bonds. The largest absolute Gasteiger partial charge is 0.497 e. The minimum Gasteiger partial charge on any atom is -0.497 e. The number of ether oxygens (including phenoxy) is 4. The van der Waals surface area contributed by atoms with Crippen LogP contribution in [-0.4, -0.2) is 77.1 Å². The number of alkyl carbamates (subject to hydrolysis) is 1. The maximum atomic E-state index is 16.0. The van der Waals surface area contributed by atoms with Crippen LogP contribution in [0.2, 0.25) is 0 Å². The number of rotatable bonds is 5. The fourth-order valence-corrected chi connectivity index (χ4v) is 6.90. The number of carbonyl (C=O) groups excluding carboxylic acids is 2. The number of fused-ring (bicyclic) bond motifs is 5. The lowest BCUT2D eigenvalue weighted by Gasteiger charge is -2.31. The van der Waals surface area contributed by atoms with Gasteiger partial charge in [0.25, 0.3) is 0 Å². The number of hydrogen-bond acceptors (Lipinski definition) is 9. The predicted molar refractivity (Wildman–Crippen MR) is 160 cm³/mol. The number of nitrogens with two attached hydrogens (primary N) is 1. The van der Waals surface area contributed by atoms with Crippen LogP contribution < -0.4 is 20.5 Å². The van der Waals surface area contributed by atoms with Crippen molar-refractivity contribution < 1.29 is 32.9 Å². The van der Waals surface area contributed by atoms with Crippen LogP contribution >= 0.6 is 0 Å². The Hall–Kier alpha value is -3.25. The first-order valence-electron chi connectivity index (χ1n) is 16.0. The molecule has 0 spiro atoms. The Labute approximate surface area is 257 Å². The minimum absolute atomic E-state index is 0.129. The number of aromatic nitrogens is 2. The zero-order valence-corrected chi connectivity index (χ0v) is 25.9. The van der Waals surface area contributed by atoms with Crippen LogP contribution in [-0.2, 0) is 14.3 Å². The normalized spacial score (nSPS) is 34.2. The molecule has 3 aliphatic heterocycles. The third kappa shape index (κ3) is 6.28. The van der Waals surface area contributed by atoms with E-state index in [1.165, 1.54) is 0 Å². The smallest absolute Gasteiger partial charge is 0.408 e. The van der Waals surface area contributed by atoms with E-state index in [1.54, 1.807) is 30.2 Å². The van der Waals surface area contributed by atoms with Crippen molar-refractivity contribution >= 4 is 23.0 Å². The average molecular weight is 614 g/mol. The maximum absolute atomic E-state index is 16.0. The molecule has 3 unspecified atom stereocenters. The molecular weight excluding hydrogens is 569 g/mol. The predicted octanol–water partition coefficient (Wildman–Crippen LogP) is 4.42. The molecule has 12 heteroatoms. The molecule has 44 heavy (non-hydrogen) atoms. The SMILES string of the molecule is CCC[C@@H]1[C@@H]2CN(C(=O)[C@H](C(C)C)NC(=O)O[C@@H]3C[C@H]3CCCCC(F)c3nc4ccc(OC)cc4nc3O2)[C@@H]1C1OC1N. The molecule has 1 aromatic heterocycles. The Balaban J connectivity index is 1.40. The zero-order valence-electron chi connectivity index (χ0n) is 25.9. The summed E-state index contributed by atoms with van der Waals surface area (Å²) in [5.41, 5.74) is 7.42. The highest BCUT2D eigenvalue weighted by Gasteiger charge is 2.57. The van der Waals surface area contributed by atoms with E-state index in [-0.39, 0.29) is 66.5 Å². The van der Waals surface area contributed by atoms with Crippen molar-refractivity contribution in [3.8, 4) is 11.6 Å². The van der Waals surface area contributed by atoms with Gasteiger partial charge in [0.1, 0.15) is 48.2 Å². The standard InChI is InChI=1S/C32H44FN5O6/c1-5-8-19-24-15-38(27(19)28-29(34)44-28)31(39)25(16(2)3)37-32(40)43-23-13-17(23)9-6-7-10-20(33)26-30(42-24)36-22-14-18(41-4)11-12-21(22)35-26/h11-12,14,16-17,19-20,23-25,27-29H,5-10,13,15,34H2,1-4H3,(H,37,40)/t17-,19-,20?,23-,24+,25+,27+,28?,29?/m1/s1. The van der Waals surface area contributed by atoms with Gasteiger partial charge in [0.05, 0.1) is 30.7 Å². The van der Waals surface area contributed by atoms with Crippen LogP contribution in [0, 0.1) is 17.8 Å². The lowest BCUT2D eigenvalue weighted by Crippen LogP contribution is -2.54. The topological polar surface area (TPSA) is 141 Å². The van der Waals surface area contributed by atoms with Crippen molar-refractivity contribution in [1.82, 2.24) is 20.2 Å². The van der Waals surface area contributed by atoms with Gasteiger partial charge in [0.2, 0.25) is 11.8 Å². The first kappa shape index (κ1) is 30.8. The molecule has 1 aliphatic carbocycles. The van der Waals surface area contributed by atoms with Crippen LogP contribution in [0.1, 0.15) is 77.6 Å². The van der Waals surface area contributed by atoms with Crippen LogP contribution in [0.3, 0.4) is 0 Å². The Kier molecular flexibility index (Phi) is 8.83. The van der Waals surface area contributed by atoms with Gasteiger partial charge < -0.3 is 34.9 Å². The molecule has 4 heterocycles. The summed E-state index contributed by atoms with van der Waals surface area (Å²) in [7, 11) is 1.57. The van der Waals surface area contributed by atoms with Gasteiger partial charge in [0, 0.05) is 12.0 Å². The Morgan fingerprint density at radius 1 is 1.14 bits per heavy atom. The molecule has 0 radical (unpaired) electrons. The number of alkyl halides is 1. The third-order valence-electron chi connectivity index (χ3n) is 9.48. The molecule has 3 fully saturated rings. The van der Waals surface area contributed by atoms with Gasteiger partial charge in [0.15, 0.2) is 0 Å². The summed E-state index contributed by atoms with van der Waals surface area (Å²) in [5.74, 6) is 0.369. The van der Waals surface area contributed by atoms with E-state index in [0.717, 1.165) is 32.1 Å². The van der Waals surface area contributed by atoms with E-state index >= 15 is 4.39 Å². The summed E-state index contributed by atoms with van der Waals surface area (Å²) in [6.07, 6.45) is 1.32. The second-order valence-electron chi connectivity index (χ2n) is 13.0. The number of hydrogen-bond donors (Lipinski definition) is 2. The van der Waals surface area contributed by atoms with Crippen molar-refractivity contribution in [3.63, 3.8) is 0 Å². The second kappa shape index (κ2) is 12.6. The monoisotopic (exact) mass is 613 g/mol. The fraction of sp³-hybridized carbons (Fsp3) is 0.688. The minimum atomic E-state index is -1.38. The van der Waals surface area contributed by atoms with E-state index < -0.39 is 30.6 Å². The molecule has 2 bridgehead atoms. The number of methoxy groups -OCH3 is 1. The van der Waals surface area contributed by atoms with Crippen LogP contribution in [0.25, 0.3) is 11.0 Å². The third-order valence-corrected chi connectivity index (χ3v) is 9.48. The molecular formula is C32H44FN5O6. The van der Waals surface area contributed by atoms with Crippen molar-refractivity contribution in [2.45, 2.75) is 109 Å². The number of nitrogens with zero attached hydrogens (tertiary/aromatic N) is 3. The maximum Gasteiger partial charge on any atom is 0.408 e. The lowest BCUT2D eigenvalue weighted by molar-refractivity contribution is -0.136. The van der Waals surface area contributed by atoms with Crippen molar-refractivity contribution in [1.29, 1.82) is 0 Å². The van der Waals surface area contributed by atoms with Crippen molar-refractivity contribution in [2.75, 3.05) is 13.7 Å². The highest BCUT2D eigenvalue weighted by atomic mass is 19.1. The molecule has 6 rings (SSSR count). The number of amides is 2. The van der Waals surface area contributed by atoms with Crippen molar-refractivity contribution in [2.24, 2.45) is 23.5 Å². The number of benzene rings is 1. The van der Waals surface area contributed by atoms with E-state index in [0.29, 0.717) is 23.2 Å². The highest BCUT2D eigenvalue weighted by Crippen LogP contribution is 2.42. The average Bonchev–Trinajstić information content (AvgIpc) is 3.89. The summed E-state index contributed by atoms with van der Waals surface area (Å²) in [5, 5.41) is 2.85. The summed E-state index contributed by atoms with van der Waals surface area (Å²) in [6.45, 7) is 6.06. The quantitative estimate of drug-likeness (QED) is 0.469. The number of carbonyl (C=O) groups is 2. The summed E-state index contributed by atoms with van der Waals surface area (Å²) >= 11 is 0. The molecule has 9 atom stereocenters. The molecule has 240 valence electrons. The van der Waals surface area contributed by atoms with Gasteiger partial charge in [-0.2, -0.15) is 0 Å². The second-order valence-corrected chi connectivity index (χ2v) is 13.0. The van der Waals surface area contributed by atoms with E-state index in [2.05, 4.69) is 12.2 Å². The summed E-state index contributed by atoms with van der Waals surface area (Å²) in [6, 6.07) is 4.11. The van der Waals surface area contributed by atoms with Crippen LogP contribution in [0.5, 0.6) is 11.6 Å². The number of epoxide rings is 1. The molecule has 1 aromatic carbocycles. The van der Waals surface area contributed by atoms with Gasteiger partial charge in [-0.3, -0.25) is 4.79 Å². The Morgan fingerprint density at radius 3 is 2.61 bits per heavy atom. The summed E-state index contributed by atoms with van der Waals surface area (Å²) in [4.78, 5) is 38.3. The van der Waals surface area contributed by atoms with E-state index in [1.807, 2.05) is 13.8 Å².